The molecule has 0 saturated heterocycles. The number of ketones is 1. The van der Waals surface area contributed by atoms with Gasteiger partial charge in [-0.1, -0.05) is 0 Å². The molecular weight excluding hydrogens is 240 g/mol. The van der Waals surface area contributed by atoms with Gasteiger partial charge in [0.2, 0.25) is 0 Å². The quantitative estimate of drug-likeness (QED) is 0.821. The molecule has 1 heterocycles. The van der Waals surface area contributed by atoms with Crippen LogP contribution in [0.25, 0.3) is 0 Å². The molecule has 1 aliphatic rings. The molecular formula is C12H14O4S. The summed E-state index contributed by atoms with van der Waals surface area (Å²) < 4.78 is 22.8. The SMILES string of the molecule is CC(=O)CS(=O)c1ccc2c(c1)OCCCO2. The van der Waals surface area contributed by atoms with Gasteiger partial charge in [-0.25, -0.2) is 0 Å². The van der Waals surface area contributed by atoms with E-state index in [1.807, 2.05) is 0 Å². The number of benzene rings is 1. The molecule has 1 unspecified atom stereocenters. The molecule has 0 aliphatic carbocycles. The topological polar surface area (TPSA) is 52.6 Å². The van der Waals surface area contributed by atoms with Crippen molar-refractivity contribution in [2.45, 2.75) is 18.2 Å². The number of hydrogen-bond acceptors (Lipinski definition) is 4. The fourth-order valence-electron chi connectivity index (χ4n) is 1.55. The van der Waals surface area contributed by atoms with Crippen LogP contribution in [0.2, 0.25) is 0 Å². The normalized spacial score (nSPS) is 16.1. The standard InChI is InChI=1S/C12H14O4S/c1-9(13)8-17(14)10-3-4-11-12(7-10)16-6-2-5-15-11/h3-4,7H,2,5-6,8H2,1H3. The minimum Gasteiger partial charge on any atom is -0.490 e. The Morgan fingerprint density at radius 2 is 2.00 bits per heavy atom. The molecule has 0 aromatic heterocycles. The number of hydrogen-bond donors (Lipinski definition) is 0. The maximum atomic E-state index is 11.8. The summed E-state index contributed by atoms with van der Waals surface area (Å²) in [6.45, 7) is 2.65. The van der Waals surface area contributed by atoms with Crippen molar-refractivity contribution < 1.29 is 18.5 Å². The highest BCUT2D eigenvalue weighted by Crippen LogP contribution is 2.31. The fourth-order valence-corrected chi connectivity index (χ4v) is 2.55. The third-order valence-electron chi connectivity index (χ3n) is 2.32. The van der Waals surface area contributed by atoms with Gasteiger partial charge in [0.05, 0.1) is 29.8 Å². The van der Waals surface area contributed by atoms with Crippen molar-refractivity contribution in [3.05, 3.63) is 18.2 Å². The van der Waals surface area contributed by atoms with Crippen LogP contribution in [0.1, 0.15) is 13.3 Å². The lowest BCUT2D eigenvalue weighted by molar-refractivity contribution is -0.114. The Labute approximate surface area is 102 Å². The van der Waals surface area contributed by atoms with Gasteiger partial charge in [0.1, 0.15) is 5.78 Å². The molecule has 0 bridgehead atoms. The van der Waals surface area contributed by atoms with E-state index in [-0.39, 0.29) is 11.5 Å². The van der Waals surface area contributed by atoms with Crippen LogP contribution in [0.4, 0.5) is 0 Å². The van der Waals surface area contributed by atoms with Gasteiger partial charge in [-0.15, -0.1) is 0 Å². The van der Waals surface area contributed by atoms with Crippen LogP contribution >= 0.6 is 0 Å². The summed E-state index contributed by atoms with van der Waals surface area (Å²) in [7, 11) is -1.30. The van der Waals surface area contributed by atoms with Crippen molar-refractivity contribution in [3.8, 4) is 11.5 Å². The molecule has 92 valence electrons. The van der Waals surface area contributed by atoms with Gasteiger partial charge in [0.15, 0.2) is 11.5 Å². The van der Waals surface area contributed by atoms with E-state index in [0.717, 1.165) is 6.42 Å². The van der Waals surface area contributed by atoms with Crippen LogP contribution in [0, 0.1) is 0 Å². The summed E-state index contributed by atoms with van der Waals surface area (Å²) in [6, 6.07) is 5.15. The zero-order valence-electron chi connectivity index (χ0n) is 9.60. The summed E-state index contributed by atoms with van der Waals surface area (Å²) in [4.78, 5) is 11.5. The van der Waals surface area contributed by atoms with E-state index in [1.165, 1.54) is 6.92 Å². The first-order chi connectivity index (χ1) is 8.16. The average molecular weight is 254 g/mol. The minimum absolute atomic E-state index is 0.0413. The maximum Gasteiger partial charge on any atom is 0.162 e. The van der Waals surface area contributed by atoms with E-state index < -0.39 is 10.8 Å². The third-order valence-corrected chi connectivity index (χ3v) is 3.76. The molecule has 0 spiro atoms. The fraction of sp³-hybridized carbons (Fsp3) is 0.417. The predicted molar refractivity (Wildman–Crippen MR) is 64.0 cm³/mol. The van der Waals surface area contributed by atoms with Gasteiger partial charge >= 0.3 is 0 Å². The van der Waals surface area contributed by atoms with Crippen LogP contribution in [-0.2, 0) is 15.6 Å². The molecule has 0 amide bonds. The van der Waals surface area contributed by atoms with Gasteiger partial charge in [0, 0.05) is 17.4 Å². The summed E-state index contributed by atoms with van der Waals surface area (Å²) in [5.41, 5.74) is 0. The zero-order valence-corrected chi connectivity index (χ0v) is 10.4. The average Bonchev–Trinajstić information content (AvgIpc) is 2.51. The van der Waals surface area contributed by atoms with Gasteiger partial charge in [-0.3, -0.25) is 9.00 Å². The Bertz CT molecular complexity index is 456. The number of fused-ring (bicyclic) bond motifs is 1. The second-order valence-electron chi connectivity index (χ2n) is 3.85. The van der Waals surface area contributed by atoms with E-state index in [1.54, 1.807) is 18.2 Å². The highest BCUT2D eigenvalue weighted by atomic mass is 32.2. The van der Waals surface area contributed by atoms with E-state index in [0.29, 0.717) is 29.6 Å². The third kappa shape index (κ3) is 3.06. The van der Waals surface area contributed by atoms with E-state index in [4.69, 9.17) is 9.47 Å². The second kappa shape index (κ2) is 5.31. The van der Waals surface area contributed by atoms with Crippen LogP contribution < -0.4 is 9.47 Å². The summed E-state index contributed by atoms with van der Waals surface area (Å²) in [6.07, 6.45) is 0.834. The molecule has 1 aromatic rings. The molecule has 0 saturated carbocycles. The van der Waals surface area contributed by atoms with Crippen molar-refractivity contribution in [2.24, 2.45) is 0 Å². The van der Waals surface area contributed by atoms with Crippen LogP contribution in [-0.4, -0.2) is 29.0 Å². The second-order valence-corrected chi connectivity index (χ2v) is 5.30. The number of ether oxygens (including phenoxy) is 2. The molecule has 4 nitrogen and oxygen atoms in total. The van der Waals surface area contributed by atoms with Gasteiger partial charge in [0.25, 0.3) is 0 Å². The molecule has 1 aromatic carbocycles. The Hall–Kier alpha value is -1.36. The Kier molecular flexibility index (Phi) is 3.78. The Balaban J connectivity index is 2.23. The molecule has 2 rings (SSSR count). The number of carbonyl (C=O) groups excluding carboxylic acids is 1. The van der Waals surface area contributed by atoms with Crippen molar-refractivity contribution in [3.63, 3.8) is 0 Å². The summed E-state index contributed by atoms with van der Waals surface area (Å²) in [5.74, 6) is 1.23. The van der Waals surface area contributed by atoms with Crippen molar-refractivity contribution in [1.29, 1.82) is 0 Å². The van der Waals surface area contributed by atoms with Crippen LogP contribution in [0.3, 0.4) is 0 Å². The number of carbonyl (C=O) groups is 1. The van der Waals surface area contributed by atoms with Gasteiger partial charge in [-0.05, 0) is 19.1 Å². The van der Waals surface area contributed by atoms with Crippen LogP contribution in [0.5, 0.6) is 11.5 Å². The van der Waals surface area contributed by atoms with Crippen molar-refractivity contribution >= 4 is 16.6 Å². The maximum absolute atomic E-state index is 11.8. The van der Waals surface area contributed by atoms with Crippen molar-refractivity contribution in [2.75, 3.05) is 19.0 Å². The van der Waals surface area contributed by atoms with E-state index in [9.17, 15) is 9.00 Å². The summed E-state index contributed by atoms with van der Waals surface area (Å²) in [5, 5.41) is 0. The molecule has 1 atom stereocenters. The zero-order chi connectivity index (χ0) is 12.3. The lowest BCUT2D eigenvalue weighted by Gasteiger charge is -2.08. The Morgan fingerprint density at radius 3 is 2.71 bits per heavy atom. The first kappa shape index (κ1) is 12.1. The van der Waals surface area contributed by atoms with E-state index in [2.05, 4.69) is 0 Å². The monoisotopic (exact) mass is 254 g/mol. The highest BCUT2D eigenvalue weighted by Gasteiger charge is 2.14. The molecule has 5 heteroatoms. The van der Waals surface area contributed by atoms with Crippen molar-refractivity contribution in [1.82, 2.24) is 0 Å². The summed E-state index contributed by atoms with van der Waals surface area (Å²) >= 11 is 0. The lowest BCUT2D eigenvalue weighted by atomic mass is 10.3. The first-order valence-corrected chi connectivity index (χ1v) is 6.76. The molecule has 0 N–H and O–H groups in total. The van der Waals surface area contributed by atoms with Gasteiger partial charge in [-0.2, -0.15) is 0 Å². The molecule has 0 radical (unpaired) electrons. The molecule has 1 aliphatic heterocycles. The Morgan fingerprint density at radius 1 is 1.29 bits per heavy atom. The molecule has 17 heavy (non-hydrogen) atoms. The van der Waals surface area contributed by atoms with Crippen LogP contribution in [0.15, 0.2) is 23.1 Å². The highest BCUT2D eigenvalue weighted by molar-refractivity contribution is 7.85. The predicted octanol–water partition coefficient (Wildman–Crippen LogP) is 1.54. The lowest BCUT2D eigenvalue weighted by Crippen LogP contribution is -2.06. The minimum atomic E-state index is -1.30. The largest absolute Gasteiger partial charge is 0.490 e. The van der Waals surface area contributed by atoms with Gasteiger partial charge < -0.3 is 9.47 Å². The van der Waals surface area contributed by atoms with E-state index >= 15 is 0 Å². The number of Topliss-reactive ketones (excluding diaryl/α,β-unsaturated/α-hetero) is 1. The first-order valence-electron chi connectivity index (χ1n) is 5.44. The molecule has 0 fully saturated rings. The number of rotatable bonds is 3. The smallest absolute Gasteiger partial charge is 0.162 e.